The highest BCUT2D eigenvalue weighted by Gasteiger charge is 2.26. The SMILES string of the molecule is O=C(NCCc1ccc(C2=NCCN2)cc1)c1cccc(S(=O)(=O)Nc2ccccc2)c1Oc1ccc(Cl)cc1. The van der Waals surface area contributed by atoms with Crippen LogP contribution in [0.15, 0.2) is 107 Å². The van der Waals surface area contributed by atoms with Crippen LogP contribution in [0.4, 0.5) is 5.69 Å². The van der Waals surface area contributed by atoms with E-state index in [1.807, 2.05) is 24.3 Å². The predicted molar refractivity (Wildman–Crippen MR) is 157 cm³/mol. The average molecular weight is 575 g/mol. The average Bonchev–Trinajstić information content (AvgIpc) is 3.50. The number of hydrogen-bond donors (Lipinski definition) is 3. The van der Waals surface area contributed by atoms with Crippen LogP contribution >= 0.6 is 11.6 Å². The number of benzene rings is 4. The zero-order valence-electron chi connectivity index (χ0n) is 21.4. The molecule has 8 nitrogen and oxygen atoms in total. The number of amidine groups is 1. The first-order chi connectivity index (χ1) is 19.4. The van der Waals surface area contributed by atoms with Gasteiger partial charge in [0.1, 0.15) is 16.5 Å². The molecule has 4 aromatic carbocycles. The molecule has 0 radical (unpaired) electrons. The molecule has 5 rings (SSSR count). The van der Waals surface area contributed by atoms with E-state index in [1.54, 1.807) is 54.6 Å². The minimum Gasteiger partial charge on any atom is -0.455 e. The van der Waals surface area contributed by atoms with Crippen molar-refractivity contribution in [1.82, 2.24) is 10.6 Å². The highest BCUT2D eigenvalue weighted by Crippen LogP contribution is 2.34. The molecule has 1 amide bonds. The lowest BCUT2D eigenvalue weighted by atomic mass is 10.1. The monoisotopic (exact) mass is 574 g/mol. The fourth-order valence-corrected chi connectivity index (χ4v) is 5.52. The molecule has 40 heavy (non-hydrogen) atoms. The third kappa shape index (κ3) is 6.62. The lowest BCUT2D eigenvalue weighted by Crippen LogP contribution is -2.27. The number of carbonyl (C=O) groups is 1. The third-order valence-corrected chi connectivity index (χ3v) is 7.83. The molecular formula is C30H27ClN4O4S. The van der Waals surface area contributed by atoms with Crippen LogP contribution in [0, 0.1) is 0 Å². The summed E-state index contributed by atoms with van der Waals surface area (Å²) < 4.78 is 35.4. The molecule has 1 aliphatic rings. The number of sulfonamides is 1. The fourth-order valence-electron chi connectivity index (χ4n) is 4.18. The molecule has 0 unspecified atom stereocenters. The number of carbonyl (C=O) groups excluding carboxylic acids is 1. The Balaban J connectivity index is 1.36. The highest BCUT2D eigenvalue weighted by atomic mass is 35.5. The summed E-state index contributed by atoms with van der Waals surface area (Å²) in [5.74, 6) is 0.689. The molecule has 1 aliphatic heterocycles. The maximum absolute atomic E-state index is 13.4. The second-order valence-corrected chi connectivity index (χ2v) is 11.1. The molecular weight excluding hydrogens is 548 g/mol. The summed E-state index contributed by atoms with van der Waals surface area (Å²) in [4.78, 5) is 17.6. The van der Waals surface area contributed by atoms with Gasteiger partial charge in [0.15, 0.2) is 5.75 Å². The summed E-state index contributed by atoms with van der Waals surface area (Å²) in [7, 11) is -4.10. The zero-order chi connectivity index (χ0) is 28.0. The summed E-state index contributed by atoms with van der Waals surface area (Å²) >= 11 is 6.01. The van der Waals surface area contributed by atoms with Gasteiger partial charge < -0.3 is 15.4 Å². The van der Waals surface area contributed by atoms with Crippen LogP contribution in [0.1, 0.15) is 21.5 Å². The summed E-state index contributed by atoms with van der Waals surface area (Å²) in [6, 6.07) is 27.4. The summed E-state index contributed by atoms with van der Waals surface area (Å²) in [5, 5.41) is 6.64. The van der Waals surface area contributed by atoms with Gasteiger partial charge in [-0.15, -0.1) is 0 Å². The van der Waals surface area contributed by atoms with E-state index in [9.17, 15) is 13.2 Å². The van der Waals surface area contributed by atoms with Crippen molar-refractivity contribution in [2.45, 2.75) is 11.3 Å². The van der Waals surface area contributed by atoms with Crippen LogP contribution in [0.3, 0.4) is 0 Å². The largest absolute Gasteiger partial charge is 0.455 e. The van der Waals surface area contributed by atoms with Crippen molar-refractivity contribution < 1.29 is 17.9 Å². The first kappa shape index (κ1) is 27.2. The van der Waals surface area contributed by atoms with Gasteiger partial charge in [-0.2, -0.15) is 0 Å². The van der Waals surface area contributed by atoms with E-state index < -0.39 is 15.9 Å². The maximum Gasteiger partial charge on any atom is 0.265 e. The van der Waals surface area contributed by atoms with E-state index in [4.69, 9.17) is 16.3 Å². The van der Waals surface area contributed by atoms with E-state index in [-0.39, 0.29) is 16.2 Å². The second-order valence-electron chi connectivity index (χ2n) is 9.02. The number of anilines is 1. The van der Waals surface area contributed by atoms with Gasteiger partial charge in [-0.25, -0.2) is 8.42 Å². The standard InChI is InChI=1S/C30H27ClN4O4S/c31-23-13-15-25(16-14-23)39-28-26(7-4-8-27(28)40(37,38)35-24-5-2-1-3-6-24)30(36)34-18-17-21-9-11-22(12-10-21)29-32-19-20-33-29/h1-16,35H,17-20H2,(H,32,33)(H,34,36). The van der Waals surface area contributed by atoms with E-state index in [0.29, 0.717) is 29.4 Å². The molecule has 0 saturated heterocycles. The third-order valence-electron chi connectivity index (χ3n) is 6.17. The van der Waals surface area contributed by atoms with Gasteiger partial charge in [-0.3, -0.25) is 14.5 Å². The van der Waals surface area contributed by atoms with Gasteiger partial charge in [0, 0.05) is 29.4 Å². The fraction of sp³-hybridized carbons (Fsp3) is 0.133. The Bertz CT molecular complexity index is 1630. The smallest absolute Gasteiger partial charge is 0.265 e. The van der Waals surface area contributed by atoms with Gasteiger partial charge >= 0.3 is 0 Å². The number of nitrogens with zero attached hydrogens (tertiary/aromatic N) is 1. The number of amides is 1. The molecule has 0 spiro atoms. The van der Waals surface area contributed by atoms with Crippen LogP contribution in [-0.4, -0.2) is 39.8 Å². The predicted octanol–water partition coefficient (Wildman–Crippen LogP) is 5.26. The summed E-state index contributed by atoms with van der Waals surface area (Å²) in [6.45, 7) is 1.96. The topological polar surface area (TPSA) is 109 Å². The van der Waals surface area contributed by atoms with E-state index in [2.05, 4.69) is 20.3 Å². The Morgan fingerprint density at radius 2 is 1.68 bits per heavy atom. The molecule has 204 valence electrons. The van der Waals surface area contributed by atoms with Crippen molar-refractivity contribution in [3.63, 3.8) is 0 Å². The Labute approximate surface area is 238 Å². The van der Waals surface area contributed by atoms with Crippen molar-refractivity contribution in [3.8, 4) is 11.5 Å². The molecule has 1 heterocycles. The Morgan fingerprint density at radius 1 is 0.925 bits per heavy atom. The quantitative estimate of drug-likeness (QED) is 0.239. The van der Waals surface area contributed by atoms with Crippen LogP contribution < -0.4 is 20.1 Å². The minimum atomic E-state index is -4.10. The molecule has 3 N–H and O–H groups in total. The van der Waals surface area contributed by atoms with E-state index >= 15 is 0 Å². The summed E-state index contributed by atoms with van der Waals surface area (Å²) in [5.41, 5.74) is 2.54. The molecule has 0 atom stereocenters. The number of nitrogens with one attached hydrogen (secondary N) is 3. The number of para-hydroxylation sites is 2. The van der Waals surface area contributed by atoms with Crippen molar-refractivity contribution in [3.05, 3.63) is 119 Å². The minimum absolute atomic E-state index is 0.0834. The van der Waals surface area contributed by atoms with Gasteiger partial charge in [0.2, 0.25) is 0 Å². The lowest BCUT2D eigenvalue weighted by Gasteiger charge is -2.17. The molecule has 0 saturated carbocycles. The van der Waals surface area contributed by atoms with Crippen LogP contribution in [0.25, 0.3) is 0 Å². The lowest BCUT2D eigenvalue weighted by molar-refractivity contribution is 0.0951. The molecule has 0 fully saturated rings. The van der Waals surface area contributed by atoms with Crippen LogP contribution in [-0.2, 0) is 16.4 Å². The molecule has 0 aliphatic carbocycles. The number of halogens is 1. The maximum atomic E-state index is 13.4. The Hall–Kier alpha value is -4.34. The number of hydrogen-bond acceptors (Lipinski definition) is 6. The van der Waals surface area contributed by atoms with Crippen LogP contribution in [0.2, 0.25) is 5.02 Å². The van der Waals surface area contributed by atoms with Crippen molar-refractivity contribution in [1.29, 1.82) is 0 Å². The van der Waals surface area contributed by atoms with Crippen LogP contribution in [0.5, 0.6) is 11.5 Å². The summed E-state index contributed by atoms with van der Waals surface area (Å²) in [6.07, 6.45) is 0.590. The second kappa shape index (κ2) is 12.2. The van der Waals surface area contributed by atoms with Gasteiger partial charge in [0.25, 0.3) is 15.9 Å². The highest BCUT2D eigenvalue weighted by molar-refractivity contribution is 7.92. The molecule has 4 aromatic rings. The van der Waals surface area contributed by atoms with Crippen molar-refractivity contribution in [2.24, 2.45) is 4.99 Å². The van der Waals surface area contributed by atoms with Crippen molar-refractivity contribution in [2.75, 3.05) is 24.4 Å². The van der Waals surface area contributed by atoms with E-state index in [0.717, 1.165) is 30.1 Å². The number of ether oxygens (including phenoxy) is 1. The van der Waals surface area contributed by atoms with Gasteiger partial charge in [-0.05, 0) is 60.5 Å². The Kier molecular flexibility index (Phi) is 8.33. The Morgan fingerprint density at radius 3 is 2.38 bits per heavy atom. The van der Waals surface area contributed by atoms with Gasteiger partial charge in [0.05, 0.1) is 12.1 Å². The molecule has 10 heteroatoms. The first-order valence-electron chi connectivity index (χ1n) is 12.7. The van der Waals surface area contributed by atoms with E-state index in [1.165, 1.54) is 18.2 Å². The van der Waals surface area contributed by atoms with Gasteiger partial charge in [-0.1, -0.05) is 60.1 Å². The molecule has 0 aromatic heterocycles. The van der Waals surface area contributed by atoms with Crippen molar-refractivity contribution >= 4 is 39.1 Å². The number of rotatable bonds is 10. The normalized spacial score (nSPS) is 12.8. The number of aliphatic imine (C=N–C) groups is 1. The first-order valence-corrected chi connectivity index (χ1v) is 14.6. The zero-order valence-corrected chi connectivity index (χ0v) is 23.0. The molecule has 0 bridgehead atoms.